The van der Waals surface area contributed by atoms with Crippen molar-refractivity contribution in [2.45, 2.75) is 6.42 Å². The first-order chi connectivity index (χ1) is 3.45. The maximum absolute atomic E-state index is 2.28. The fraction of sp³-hybridized carbons (Fsp3) is 0.500. The summed E-state index contributed by atoms with van der Waals surface area (Å²) in [7, 11) is 0. The second-order valence-corrected chi connectivity index (χ2v) is 2.22. The molecule has 2 aliphatic heterocycles. The van der Waals surface area contributed by atoms with Crippen molar-refractivity contribution in [3.8, 4) is 0 Å². The van der Waals surface area contributed by atoms with Crippen LogP contribution in [0.25, 0.3) is 0 Å². The van der Waals surface area contributed by atoms with Gasteiger partial charge in [0.1, 0.15) is 0 Å². The van der Waals surface area contributed by atoms with Crippen LogP contribution in [0, 0.1) is 12.5 Å². The normalized spacial score (nSPS) is 35.4. The van der Waals surface area contributed by atoms with Crippen molar-refractivity contribution in [3.05, 3.63) is 18.8 Å². The van der Waals surface area contributed by atoms with Crippen LogP contribution in [0.4, 0.5) is 0 Å². The summed E-state index contributed by atoms with van der Waals surface area (Å²) in [4.78, 5) is 2.25. The first-order valence-corrected chi connectivity index (χ1v) is 2.72. The second-order valence-electron chi connectivity index (χ2n) is 2.22. The van der Waals surface area contributed by atoms with Crippen LogP contribution in [0.1, 0.15) is 6.42 Å². The zero-order chi connectivity index (χ0) is 4.69. The van der Waals surface area contributed by atoms with E-state index in [1.54, 1.807) is 0 Å². The molecule has 0 spiro atoms. The fourth-order valence-corrected chi connectivity index (χ4v) is 1.18. The first-order valence-electron chi connectivity index (χ1n) is 2.72. The van der Waals surface area contributed by atoms with Gasteiger partial charge in [0, 0.05) is 13.1 Å². The molecule has 1 fully saturated rings. The molecule has 1 heteroatoms. The van der Waals surface area contributed by atoms with Gasteiger partial charge in [-0.3, -0.25) is 0 Å². The van der Waals surface area contributed by atoms with Crippen LogP contribution in [0.2, 0.25) is 0 Å². The lowest BCUT2D eigenvalue weighted by Crippen LogP contribution is -2.02. The Kier molecular flexibility index (Phi) is 0.518. The summed E-state index contributed by atoms with van der Waals surface area (Å²) in [6.45, 7) is 3.50. The Bertz CT molecular complexity index is 94.7. The highest BCUT2D eigenvalue weighted by Crippen LogP contribution is 2.26. The third kappa shape index (κ3) is 0.379. The van der Waals surface area contributed by atoms with E-state index in [2.05, 4.69) is 23.7 Å². The highest BCUT2D eigenvalue weighted by molar-refractivity contribution is 5.07. The zero-order valence-electron chi connectivity index (χ0n) is 4.17. The Morgan fingerprint density at radius 2 is 2.57 bits per heavy atom. The van der Waals surface area contributed by atoms with Gasteiger partial charge in [-0.1, -0.05) is 6.08 Å². The predicted molar refractivity (Wildman–Crippen MR) is 28.3 cm³/mol. The van der Waals surface area contributed by atoms with Crippen LogP contribution in [-0.4, -0.2) is 11.4 Å². The van der Waals surface area contributed by atoms with Gasteiger partial charge in [0.15, 0.2) is 0 Å². The van der Waals surface area contributed by atoms with Gasteiger partial charge in [0.05, 0.1) is 0 Å². The van der Waals surface area contributed by atoms with E-state index in [9.17, 15) is 0 Å². The van der Waals surface area contributed by atoms with Gasteiger partial charge < -0.3 is 4.90 Å². The van der Waals surface area contributed by atoms with E-state index in [0.717, 1.165) is 5.92 Å². The Balaban J connectivity index is 2.27. The largest absolute Gasteiger partial charge is 0.372 e. The van der Waals surface area contributed by atoms with Crippen molar-refractivity contribution in [1.82, 2.24) is 4.90 Å². The van der Waals surface area contributed by atoms with Crippen molar-refractivity contribution < 1.29 is 0 Å². The molecule has 0 saturated carbocycles. The maximum Gasteiger partial charge on any atom is 0.0494 e. The van der Waals surface area contributed by atoms with Gasteiger partial charge >= 0.3 is 0 Å². The number of fused-ring (bicyclic) bond motifs is 2. The maximum atomic E-state index is 2.28. The van der Waals surface area contributed by atoms with Crippen LogP contribution >= 0.6 is 0 Å². The molecule has 37 valence electrons. The standard InChI is InChI=1S/C6H8N/c1-3-7-4-2-6(1)5-7/h1,3-4,6H,2,5H2. The Morgan fingerprint density at radius 3 is 2.71 bits per heavy atom. The highest BCUT2D eigenvalue weighted by atomic mass is 15.1. The molecule has 0 aromatic heterocycles. The minimum Gasteiger partial charge on any atom is -0.372 e. The van der Waals surface area contributed by atoms with Crippen LogP contribution in [0.3, 0.4) is 0 Å². The van der Waals surface area contributed by atoms with Crippen LogP contribution < -0.4 is 0 Å². The van der Waals surface area contributed by atoms with Crippen molar-refractivity contribution in [2.24, 2.45) is 5.92 Å². The zero-order valence-corrected chi connectivity index (χ0v) is 4.17. The topological polar surface area (TPSA) is 3.24 Å². The van der Waals surface area contributed by atoms with Crippen LogP contribution in [0.15, 0.2) is 12.3 Å². The molecule has 0 amide bonds. The highest BCUT2D eigenvalue weighted by Gasteiger charge is 2.22. The summed E-state index contributed by atoms with van der Waals surface area (Å²) < 4.78 is 0. The molecule has 0 aliphatic carbocycles. The van der Waals surface area contributed by atoms with E-state index in [1.165, 1.54) is 13.0 Å². The molecule has 2 heterocycles. The summed E-state index contributed by atoms with van der Waals surface area (Å²) in [5.41, 5.74) is 0. The first kappa shape index (κ1) is 3.53. The van der Waals surface area contributed by atoms with E-state index in [4.69, 9.17) is 0 Å². The van der Waals surface area contributed by atoms with Crippen molar-refractivity contribution in [2.75, 3.05) is 6.54 Å². The smallest absolute Gasteiger partial charge is 0.0494 e. The van der Waals surface area contributed by atoms with Gasteiger partial charge in [0.2, 0.25) is 0 Å². The molecule has 1 radical (unpaired) electrons. The molecule has 0 aromatic carbocycles. The Morgan fingerprint density at radius 1 is 1.57 bits per heavy atom. The summed E-state index contributed by atoms with van der Waals surface area (Å²) in [5, 5.41) is 0. The molecular formula is C6H8N. The minimum absolute atomic E-state index is 0.861. The summed E-state index contributed by atoms with van der Waals surface area (Å²) in [6.07, 6.45) is 5.71. The van der Waals surface area contributed by atoms with Crippen molar-refractivity contribution in [1.29, 1.82) is 0 Å². The van der Waals surface area contributed by atoms with E-state index in [1.807, 2.05) is 0 Å². The molecule has 1 nitrogen and oxygen atoms in total. The SMILES string of the molecule is [CH]1CC2C=CN1C2. The molecule has 7 heavy (non-hydrogen) atoms. The van der Waals surface area contributed by atoms with Crippen LogP contribution in [0.5, 0.6) is 0 Å². The molecule has 1 unspecified atom stereocenters. The van der Waals surface area contributed by atoms with Gasteiger partial charge in [-0.2, -0.15) is 0 Å². The van der Waals surface area contributed by atoms with E-state index < -0.39 is 0 Å². The molecule has 0 N–H and O–H groups in total. The molecule has 1 saturated heterocycles. The molecule has 0 aromatic rings. The molecule has 2 bridgehead atoms. The second kappa shape index (κ2) is 1.03. The average Bonchev–Trinajstić information content (AvgIpc) is 2.22. The summed E-state index contributed by atoms with van der Waals surface area (Å²) in [6, 6.07) is 0. The third-order valence-electron chi connectivity index (χ3n) is 1.64. The number of hydrogen-bond donors (Lipinski definition) is 0. The number of hydrogen-bond acceptors (Lipinski definition) is 1. The molecule has 2 aliphatic rings. The Hall–Kier alpha value is -0.460. The Labute approximate surface area is 43.6 Å². The average molecular weight is 94.1 g/mol. The summed E-state index contributed by atoms with van der Waals surface area (Å²) >= 11 is 0. The molecule has 1 atom stereocenters. The lowest BCUT2D eigenvalue weighted by Gasteiger charge is -2.04. The van der Waals surface area contributed by atoms with Gasteiger partial charge in [0.25, 0.3) is 0 Å². The van der Waals surface area contributed by atoms with E-state index in [-0.39, 0.29) is 0 Å². The number of rotatable bonds is 0. The molecular weight excluding hydrogens is 86.1 g/mol. The van der Waals surface area contributed by atoms with Gasteiger partial charge in [-0.25, -0.2) is 0 Å². The number of nitrogens with zero attached hydrogens (tertiary/aromatic N) is 1. The van der Waals surface area contributed by atoms with Crippen LogP contribution in [-0.2, 0) is 0 Å². The third-order valence-corrected chi connectivity index (χ3v) is 1.64. The lowest BCUT2D eigenvalue weighted by atomic mass is 10.1. The fourth-order valence-electron chi connectivity index (χ4n) is 1.18. The minimum atomic E-state index is 0.861. The van der Waals surface area contributed by atoms with Crippen molar-refractivity contribution in [3.63, 3.8) is 0 Å². The van der Waals surface area contributed by atoms with Crippen molar-refractivity contribution >= 4 is 0 Å². The van der Waals surface area contributed by atoms with E-state index >= 15 is 0 Å². The monoisotopic (exact) mass is 94.1 g/mol. The van der Waals surface area contributed by atoms with Gasteiger partial charge in [-0.15, -0.1) is 0 Å². The molecule has 2 rings (SSSR count). The predicted octanol–water partition coefficient (Wildman–Crippen LogP) is 0.997. The lowest BCUT2D eigenvalue weighted by molar-refractivity contribution is 0.538. The summed E-state index contributed by atoms with van der Waals surface area (Å²) in [5.74, 6) is 0.861. The van der Waals surface area contributed by atoms with E-state index in [0.29, 0.717) is 0 Å². The quantitative estimate of drug-likeness (QED) is 0.433. The van der Waals surface area contributed by atoms with Gasteiger partial charge in [-0.05, 0) is 18.5 Å².